The van der Waals surface area contributed by atoms with Crippen LogP contribution in [-0.2, 0) is 50.4 Å². The predicted molar refractivity (Wildman–Crippen MR) is 177 cm³/mol. The molecule has 1 atom stereocenters. The lowest BCUT2D eigenvalue weighted by Crippen LogP contribution is -2.09. The van der Waals surface area contributed by atoms with E-state index in [1.807, 2.05) is 0 Å². The summed E-state index contributed by atoms with van der Waals surface area (Å²) in [4.78, 5) is 0.342. The van der Waals surface area contributed by atoms with E-state index in [1.54, 1.807) is 40.7 Å². The van der Waals surface area contributed by atoms with Gasteiger partial charge in [-0.15, -0.1) is 11.8 Å². The Morgan fingerprint density at radius 1 is 0.702 bits per heavy atom. The quantitative estimate of drug-likeness (QED) is 0.0806. The maximum absolute atomic E-state index is 12.8. The Labute approximate surface area is 293 Å². The molecule has 0 N–H and O–H groups in total. The summed E-state index contributed by atoms with van der Waals surface area (Å²) < 4.78 is 133. The molecule has 20 heteroatoms. The maximum Gasteiger partial charge on any atom is 0.416 e. The molecule has 0 amide bonds. The molecule has 0 spiro atoms. The molecule has 0 saturated heterocycles. The summed E-state index contributed by atoms with van der Waals surface area (Å²) in [5.41, 5.74) is -1.29. The van der Waals surface area contributed by atoms with Crippen LogP contribution in [0.4, 0.5) is 26.3 Å². The van der Waals surface area contributed by atoms with E-state index in [4.69, 9.17) is 52.9 Å². The number of aryl methyl sites for hydroxylation is 2. The zero-order chi connectivity index (χ0) is 36.6. The molecule has 0 saturated carbocycles. The summed E-state index contributed by atoms with van der Waals surface area (Å²) in [7, 11) is -8.79. The number of thioether (sulfide) groups is 1. The second-order valence-corrected chi connectivity index (χ2v) is 18.4. The molecule has 0 radical (unpaired) electrons. The average molecular weight is 820 g/mol. The van der Waals surface area contributed by atoms with E-state index in [0.29, 0.717) is 16.0 Å². The first-order chi connectivity index (χ1) is 21.5. The minimum atomic E-state index is -4.53. The van der Waals surface area contributed by atoms with Gasteiger partial charge in [0.05, 0.1) is 48.4 Å². The Morgan fingerprint density at radius 2 is 1.09 bits per heavy atom. The van der Waals surface area contributed by atoms with Crippen molar-refractivity contribution in [2.75, 3.05) is 37.4 Å². The van der Waals surface area contributed by atoms with Crippen molar-refractivity contribution < 1.29 is 57.8 Å². The SMILES string of the molecule is CCOP(=O)(CS(=O)c1cc(C)cc(C(F)(F)F)c1)OCC.CCOP(=O)(CSc1cc(C)cc(C(F)(F)F)c1)OCC.ClC(Cl)Cl. The molecule has 2 rings (SSSR count). The molecule has 0 bridgehead atoms. The Balaban J connectivity index is 0.000000808. The van der Waals surface area contributed by atoms with Crippen molar-refractivity contribution in [3.63, 3.8) is 0 Å². The van der Waals surface area contributed by atoms with E-state index in [-0.39, 0.29) is 36.8 Å². The first-order valence-corrected chi connectivity index (χ1v) is 20.7. The monoisotopic (exact) mass is 818 g/mol. The van der Waals surface area contributed by atoms with Crippen molar-refractivity contribution in [2.45, 2.75) is 68.0 Å². The van der Waals surface area contributed by atoms with Gasteiger partial charge >= 0.3 is 27.5 Å². The van der Waals surface area contributed by atoms with E-state index in [1.165, 1.54) is 13.0 Å². The van der Waals surface area contributed by atoms with Crippen LogP contribution in [0.1, 0.15) is 49.9 Å². The van der Waals surface area contributed by atoms with Gasteiger partial charge in [-0.05, 0) is 89.1 Å². The van der Waals surface area contributed by atoms with E-state index in [0.717, 1.165) is 36.0 Å². The number of hydrogen-bond donors (Lipinski definition) is 0. The van der Waals surface area contributed by atoms with E-state index in [9.17, 15) is 39.7 Å². The molecule has 2 aromatic carbocycles. The average Bonchev–Trinajstić information content (AvgIpc) is 2.91. The third-order valence-corrected chi connectivity index (χ3v) is 12.9. The second kappa shape index (κ2) is 21.8. The number of benzene rings is 2. The van der Waals surface area contributed by atoms with Crippen LogP contribution in [0, 0.1) is 13.8 Å². The summed E-state index contributed by atoms with van der Waals surface area (Å²) in [6, 6.07) is 6.86. The van der Waals surface area contributed by atoms with Crippen molar-refractivity contribution >= 4 is 72.6 Å². The van der Waals surface area contributed by atoms with Crippen molar-refractivity contribution in [3.8, 4) is 0 Å². The highest BCUT2D eigenvalue weighted by Crippen LogP contribution is 2.52. The zero-order valence-electron chi connectivity index (χ0n) is 26.3. The Hall–Kier alpha value is -0.310. The fraction of sp³-hybridized carbons (Fsp3) is 0.556. The van der Waals surface area contributed by atoms with Crippen LogP contribution in [-0.4, -0.2) is 45.9 Å². The van der Waals surface area contributed by atoms with Crippen LogP contribution < -0.4 is 0 Å². The van der Waals surface area contributed by atoms with Crippen LogP contribution >= 0.6 is 61.8 Å². The molecule has 0 aromatic heterocycles. The van der Waals surface area contributed by atoms with Gasteiger partial charge in [-0.25, -0.2) is 0 Å². The summed E-state index contributed by atoms with van der Waals surface area (Å²) >= 11 is 15.5. The first-order valence-electron chi connectivity index (χ1n) is 13.6. The largest absolute Gasteiger partial charge is 0.416 e. The smallest absolute Gasteiger partial charge is 0.308 e. The maximum atomic E-state index is 12.8. The highest BCUT2D eigenvalue weighted by atomic mass is 35.6. The normalized spacial score (nSPS) is 13.0. The molecule has 0 fully saturated rings. The van der Waals surface area contributed by atoms with Crippen LogP contribution in [0.2, 0.25) is 0 Å². The predicted octanol–water partition coefficient (Wildman–Crippen LogP) is 11.7. The Morgan fingerprint density at radius 3 is 1.49 bits per heavy atom. The summed E-state index contributed by atoms with van der Waals surface area (Å²) in [6.45, 7) is 10.3. The Bertz CT molecular complexity index is 1350. The molecular formula is C27H37Cl3F6O7P2S2. The molecule has 0 heterocycles. The fourth-order valence-corrected chi connectivity index (χ4v) is 10.4. The third-order valence-electron chi connectivity index (χ3n) is 4.99. The summed E-state index contributed by atoms with van der Waals surface area (Å²) in [5, 5.41) is 0. The van der Waals surface area contributed by atoms with Crippen LogP contribution in [0.3, 0.4) is 0 Å². The number of hydrogen-bond acceptors (Lipinski definition) is 8. The molecular weight excluding hydrogens is 783 g/mol. The molecule has 0 aliphatic heterocycles. The van der Waals surface area contributed by atoms with Crippen LogP contribution in [0.25, 0.3) is 0 Å². The molecule has 272 valence electrons. The lowest BCUT2D eigenvalue weighted by Gasteiger charge is -2.17. The standard InChI is InChI=1S/C13H18F3O4PS.C13H18F3O3PS.CHCl3/c1-4-19-21(17,20-5-2)9-22(18)12-7-10(3)6-11(8-12)13(14,15)16;1-4-18-20(17,19-5-2)9-21-12-7-10(3)6-11(8-12)13(14,15)16;2-1(3)4/h6-8H,4-5,9H2,1-3H3;6-8H,4-5,9H2,1-3H3;1H. The minimum Gasteiger partial charge on any atom is -0.308 e. The molecule has 1 unspecified atom stereocenters. The van der Waals surface area contributed by atoms with E-state index < -0.39 is 59.3 Å². The van der Waals surface area contributed by atoms with Crippen molar-refractivity contribution in [1.29, 1.82) is 0 Å². The molecule has 2 aromatic rings. The molecule has 47 heavy (non-hydrogen) atoms. The number of alkyl halides is 9. The molecule has 0 aliphatic rings. The first kappa shape index (κ1) is 46.7. The number of halogens is 9. The van der Waals surface area contributed by atoms with Gasteiger partial charge in [-0.3, -0.25) is 13.3 Å². The fourth-order valence-electron chi connectivity index (χ4n) is 3.42. The summed E-state index contributed by atoms with van der Waals surface area (Å²) in [6.07, 6.45) is -8.93. The van der Waals surface area contributed by atoms with Crippen LogP contribution in [0.5, 0.6) is 0 Å². The molecule has 7 nitrogen and oxygen atoms in total. The topological polar surface area (TPSA) is 88.1 Å². The number of rotatable bonds is 14. The van der Waals surface area contributed by atoms with E-state index >= 15 is 0 Å². The molecule has 0 aliphatic carbocycles. The van der Waals surface area contributed by atoms with Gasteiger partial charge in [0, 0.05) is 9.79 Å². The highest BCUT2D eigenvalue weighted by molar-refractivity contribution is 8.04. The second-order valence-electron chi connectivity index (χ2n) is 8.95. The van der Waals surface area contributed by atoms with Crippen LogP contribution in [0.15, 0.2) is 46.2 Å². The highest BCUT2D eigenvalue weighted by Gasteiger charge is 2.33. The minimum absolute atomic E-state index is 0.0184. The third kappa shape index (κ3) is 19.6. The van der Waals surface area contributed by atoms with Crippen molar-refractivity contribution in [2.24, 2.45) is 0 Å². The van der Waals surface area contributed by atoms with Gasteiger partial charge in [0.1, 0.15) is 11.0 Å². The lowest BCUT2D eigenvalue weighted by molar-refractivity contribution is -0.138. The van der Waals surface area contributed by atoms with Gasteiger partial charge in [0.2, 0.25) is 0 Å². The van der Waals surface area contributed by atoms with Gasteiger partial charge < -0.3 is 18.1 Å². The van der Waals surface area contributed by atoms with Gasteiger partial charge in [0.25, 0.3) is 0 Å². The lowest BCUT2D eigenvalue weighted by atomic mass is 10.1. The zero-order valence-corrected chi connectivity index (χ0v) is 31.9. The van der Waals surface area contributed by atoms with Gasteiger partial charge in [-0.2, -0.15) is 26.3 Å². The van der Waals surface area contributed by atoms with Gasteiger partial charge in [0.15, 0.2) is 4.30 Å². The van der Waals surface area contributed by atoms with E-state index in [2.05, 4.69) is 0 Å². The van der Waals surface area contributed by atoms with Crippen molar-refractivity contribution in [1.82, 2.24) is 0 Å². The van der Waals surface area contributed by atoms with Crippen molar-refractivity contribution in [3.05, 3.63) is 58.7 Å². The Kier molecular flexibility index (Phi) is 21.7. The van der Waals surface area contributed by atoms with Gasteiger partial charge in [-0.1, -0.05) is 34.8 Å². The summed E-state index contributed by atoms with van der Waals surface area (Å²) in [5.74, 6) is 0.